The smallest absolute Gasteiger partial charge is 0.412 e. The fraction of sp³-hybridized carbons (Fsp3) is 0.385. The minimum atomic E-state index is -5.32. The first-order valence-electron chi connectivity index (χ1n) is 7.26. The minimum absolute atomic E-state index is 0.0132. The van der Waals surface area contributed by atoms with Gasteiger partial charge >= 0.3 is 17.8 Å². The van der Waals surface area contributed by atoms with Crippen molar-refractivity contribution in [3.8, 4) is 17.1 Å². The third-order valence-electron chi connectivity index (χ3n) is 3.70. The predicted molar refractivity (Wildman–Crippen MR) is 78.2 cm³/mol. The van der Waals surface area contributed by atoms with Crippen LogP contribution in [0.4, 0.5) is 18.9 Å². The Morgan fingerprint density at radius 3 is 2.65 bits per heavy atom. The van der Waals surface area contributed by atoms with Gasteiger partial charge in [0, 0.05) is 18.7 Å². The van der Waals surface area contributed by atoms with Gasteiger partial charge in [0.1, 0.15) is 0 Å². The average Bonchev–Trinajstić information content (AvgIpc) is 2.93. The molecule has 1 saturated heterocycles. The number of nitro groups is 1. The van der Waals surface area contributed by atoms with E-state index < -0.39 is 28.5 Å². The normalized spacial score (nSPS) is 14.8. The average molecular weight is 372 g/mol. The van der Waals surface area contributed by atoms with Gasteiger partial charge in [-0.25, -0.2) is 4.79 Å². The van der Waals surface area contributed by atoms with Crippen LogP contribution in [0.15, 0.2) is 12.1 Å². The fourth-order valence-electron chi connectivity index (χ4n) is 2.25. The van der Waals surface area contributed by atoms with Crippen molar-refractivity contribution in [2.45, 2.75) is 19.1 Å². The molecule has 1 N–H and O–H groups in total. The second kappa shape index (κ2) is 6.33. The van der Waals surface area contributed by atoms with E-state index in [1.807, 2.05) is 0 Å². The summed E-state index contributed by atoms with van der Waals surface area (Å²) in [5, 5.41) is 25.8. The van der Waals surface area contributed by atoms with E-state index in [1.54, 1.807) is 0 Å². The molecule has 2 heterocycles. The Labute approximate surface area is 143 Å². The van der Waals surface area contributed by atoms with Crippen molar-refractivity contribution in [1.29, 1.82) is 0 Å². The molecule has 3 rings (SSSR count). The van der Waals surface area contributed by atoms with Gasteiger partial charge in [-0.3, -0.25) is 10.1 Å². The van der Waals surface area contributed by atoms with Crippen molar-refractivity contribution in [1.82, 2.24) is 25.5 Å². The highest BCUT2D eigenvalue weighted by Crippen LogP contribution is 2.40. The highest BCUT2D eigenvalue weighted by atomic mass is 19.4. The van der Waals surface area contributed by atoms with E-state index in [0.717, 1.165) is 0 Å². The quantitative estimate of drug-likeness (QED) is 0.367. The largest absolute Gasteiger partial charge is 0.491 e. The Bertz CT molecular complexity index is 877. The Morgan fingerprint density at radius 2 is 2.12 bits per heavy atom. The molecule has 1 aliphatic heterocycles. The number of nitrogens with zero attached hydrogens (tertiary/aromatic N) is 5. The summed E-state index contributed by atoms with van der Waals surface area (Å²) in [4.78, 5) is 22.8. The van der Waals surface area contributed by atoms with E-state index >= 15 is 0 Å². The van der Waals surface area contributed by atoms with E-state index in [2.05, 4.69) is 25.5 Å². The number of halogens is 3. The molecule has 2 aromatic rings. The number of esters is 1. The van der Waals surface area contributed by atoms with Gasteiger partial charge in [-0.1, -0.05) is 6.07 Å². The first-order valence-corrected chi connectivity index (χ1v) is 7.26. The predicted octanol–water partition coefficient (Wildman–Crippen LogP) is 1.17. The number of benzene rings is 1. The van der Waals surface area contributed by atoms with E-state index in [4.69, 9.17) is 0 Å². The van der Waals surface area contributed by atoms with Crippen molar-refractivity contribution in [2.75, 3.05) is 13.1 Å². The number of carbonyl (C=O) groups excluding carboxylic acids is 1. The summed E-state index contributed by atoms with van der Waals surface area (Å²) in [5.74, 6) is -3.64. The maximum atomic E-state index is 12.6. The number of alkyl halides is 3. The Kier molecular flexibility index (Phi) is 4.31. The summed E-state index contributed by atoms with van der Waals surface area (Å²) in [6.45, 7) is 2.47. The molecule has 26 heavy (non-hydrogen) atoms. The maximum Gasteiger partial charge on any atom is 0.491 e. The lowest BCUT2D eigenvalue weighted by atomic mass is 10.1. The summed E-state index contributed by atoms with van der Waals surface area (Å²) in [6, 6.07) is 2.45. The molecule has 0 atom stereocenters. The van der Waals surface area contributed by atoms with E-state index in [9.17, 15) is 28.1 Å². The van der Waals surface area contributed by atoms with Gasteiger partial charge in [-0.15, -0.1) is 10.2 Å². The van der Waals surface area contributed by atoms with Crippen LogP contribution in [-0.2, 0) is 4.79 Å². The van der Waals surface area contributed by atoms with Crippen molar-refractivity contribution in [2.24, 2.45) is 0 Å². The number of hydrogen-bond donors (Lipinski definition) is 1. The lowest BCUT2D eigenvalue weighted by Crippen LogP contribution is -2.44. The summed E-state index contributed by atoms with van der Waals surface area (Å²) < 4.78 is 42.0. The number of ether oxygens (including phenoxy) is 1. The molecule has 0 aliphatic carbocycles. The third-order valence-corrected chi connectivity index (χ3v) is 3.70. The summed E-state index contributed by atoms with van der Waals surface area (Å²) >= 11 is 0. The van der Waals surface area contributed by atoms with Gasteiger partial charge in [0.2, 0.25) is 11.6 Å². The van der Waals surface area contributed by atoms with E-state index in [1.165, 1.54) is 23.9 Å². The van der Waals surface area contributed by atoms with Crippen LogP contribution in [0.3, 0.4) is 0 Å². The van der Waals surface area contributed by atoms with Crippen LogP contribution in [0.1, 0.15) is 11.6 Å². The number of aromatic nitrogens is 4. The molecule has 1 aromatic heterocycles. The molecule has 0 bridgehead atoms. The molecule has 0 saturated carbocycles. The number of tetrazole rings is 1. The lowest BCUT2D eigenvalue weighted by Gasteiger charge is -2.24. The summed E-state index contributed by atoms with van der Waals surface area (Å²) in [7, 11) is 0. The van der Waals surface area contributed by atoms with Crippen LogP contribution in [0.25, 0.3) is 11.4 Å². The zero-order valence-electron chi connectivity index (χ0n) is 13.1. The topological polar surface area (TPSA) is 125 Å². The van der Waals surface area contributed by atoms with Crippen LogP contribution in [0, 0.1) is 17.0 Å². The van der Waals surface area contributed by atoms with Crippen LogP contribution in [0.5, 0.6) is 5.75 Å². The molecular weight excluding hydrogens is 361 g/mol. The zero-order chi connectivity index (χ0) is 19.1. The fourth-order valence-corrected chi connectivity index (χ4v) is 2.25. The third kappa shape index (κ3) is 3.20. The number of rotatable bonds is 4. The number of nitrogens with one attached hydrogen (secondary N) is 1. The van der Waals surface area contributed by atoms with Crippen LogP contribution >= 0.6 is 0 Å². The Balaban J connectivity index is 2.09. The Morgan fingerprint density at radius 1 is 1.42 bits per heavy atom. The van der Waals surface area contributed by atoms with Crippen LogP contribution < -0.4 is 10.1 Å². The minimum Gasteiger partial charge on any atom is -0.412 e. The van der Waals surface area contributed by atoms with Crippen LogP contribution in [0.2, 0.25) is 0 Å². The van der Waals surface area contributed by atoms with Gasteiger partial charge in [0.25, 0.3) is 0 Å². The molecule has 0 unspecified atom stereocenters. The Hall–Kier alpha value is -3.09. The van der Waals surface area contributed by atoms with Crippen molar-refractivity contribution in [3.63, 3.8) is 0 Å². The molecule has 1 fully saturated rings. The van der Waals surface area contributed by atoms with Crippen molar-refractivity contribution >= 4 is 11.7 Å². The maximum absolute atomic E-state index is 12.6. The molecular formula is C13H11F3N6O4. The van der Waals surface area contributed by atoms with Crippen molar-refractivity contribution in [3.05, 3.63) is 27.8 Å². The molecule has 1 aromatic carbocycles. The first-order chi connectivity index (χ1) is 12.2. The second-order valence-electron chi connectivity index (χ2n) is 5.50. The molecule has 10 nitrogen and oxygen atoms in total. The monoisotopic (exact) mass is 372 g/mol. The van der Waals surface area contributed by atoms with Gasteiger partial charge in [-0.2, -0.15) is 18.0 Å². The number of aryl methyl sites for hydroxylation is 1. The molecule has 138 valence electrons. The van der Waals surface area contributed by atoms with Gasteiger partial charge in [0.15, 0.2) is 0 Å². The van der Waals surface area contributed by atoms with Gasteiger partial charge in [0.05, 0.1) is 16.5 Å². The second-order valence-corrected chi connectivity index (χ2v) is 5.50. The lowest BCUT2D eigenvalue weighted by molar-refractivity contribution is -0.386. The molecule has 0 spiro atoms. The number of nitro benzene ring substituents is 1. The van der Waals surface area contributed by atoms with E-state index in [0.29, 0.717) is 13.1 Å². The van der Waals surface area contributed by atoms with Gasteiger partial charge < -0.3 is 10.1 Å². The molecule has 0 amide bonds. The summed E-state index contributed by atoms with van der Waals surface area (Å²) in [5.41, 5.74) is -1.00. The van der Waals surface area contributed by atoms with Crippen LogP contribution in [-0.4, -0.2) is 50.4 Å². The van der Waals surface area contributed by atoms with E-state index in [-0.39, 0.29) is 23.0 Å². The number of carbonyl (C=O) groups is 1. The standard InChI is InChI=1S/C13H11F3N6O4/c1-6-2-3-8(11-18-20-21(19-11)7-4-17-5-7)10(9(6)22(24)25)26-12(23)13(14,15)16/h2-3,7,17H,4-5H2,1H3. The SMILES string of the molecule is Cc1ccc(-c2nnn(C3CNC3)n2)c(OC(=O)C(F)(F)F)c1[N+](=O)[O-]. The summed E-state index contributed by atoms with van der Waals surface area (Å²) in [6.07, 6.45) is -5.32. The zero-order valence-corrected chi connectivity index (χ0v) is 13.1. The van der Waals surface area contributed by atoms with Crippen molar-refractivity contribution < 1.29 is 27.6 Å². The van der Waals surface area contributed by atoms with Gasteiger partial charge in [-0.05, 0) is 18.2 Å². The number of hydrogen-bond acceptors (Lipinski definition) is 8. The highest BCUT2D eigenvalue weighted by Gasteiger charge is 2.43. The molecule has 0 radical (unpaired) electrons. The first kappa shape index (κ1) is 17.7. The molecule has 1 aliphatic rings. The highest BCUT2D eigenvalue weighted by molar-refractivity contribution is 5.83. The molecule has 13 heteroatoms.